The second kappa shape index (κ2) is 5.48. The molecule has 0 spiro atoms. The lowest BCUT2D eigenvalue weighted by molar-refractivity contribution is 0.101. The van der Waals surface area contributed by atoms with Crippen molar-refractivity contribution >= 4 is 17.5 Å². The molecule has 0 atom stereocenters. The topological polar surface area (TPSA) is 53.8 Å². The molecule has 0 saturated carbocycles. The van der Waals surface area contributed by atoms with Crippen LogP contribution in [0.2, 0.25) is 0 Å². The van der Waals surface area contributed by atoms with Gasteiger partial charge in [0.2, 0.25) is 0 Å². The highest BCUT2D eigenvalue weighted by Crippen LogP contribution is 2.31. The molecule has 88 valence electrons. The highest BCUT2D eigenvalue weighted by atomic mass is 32.2. The molecule has 0 amide bonds. The quantitative estimate of drug-likeness (QED) is 0.788. The Labute approximate surface area is 109 Å². The Balaban J connectivity index is 2.42. The van der Waals surface area contributed by atoms with Crippen LogP contribution in [0.4, 0.5) is 0 Å². The zero-order valence-electron chi connectivity index (χ0n) is 9.75. The number of hydrogen-bond donors (Lipinski definition) is 0. The summed E-state index contributed by atoms with van der Waals surface area (Å²) in [6.45, 7) is 1.53. The summed E-state index contributed by atoms with van der Waals surface area (Å²) in [5, 5.41) is 8.90. The SMILES string of the molecule is CC(=O)c1ccc(C#N)cc1Sc1ccncc1. The first-order valence-corrected chi connectivity index (χ1v) is 6.15. The van der Waals surface area contributed by atoms with E-state index in [2.05, 4.69) is 11.1 Å². The maximum absolute atomic E-state index is 11.5. The zero-order chi connectivity index (χ0) is 13.0. The number of benzene rings is 1. The molecule has 0 radical (unpaired) electrons. The fourth-order valence-electron chi connectivity index (χ4n) is 1.50. The van der Waals surface area contributed by atoms with E-state index in [1.54, 1.807) is 30.6 Å². The van der Waals surface area contributed by atoms with Crippen LogP contribution >= 0.6 is 11.8 Å². The van der Waals surface area contributed by atoms with Crippen molar-refractivity contribution in [2.45, 2.75) is 16.7 Å². The smallest absolute Gasteiger partial charge is 0.160 e. The predicted molar refractivity (Wildman–Crippen MR) is 69.5 cm³/mol. The monoisotopic (exact) mass is 254 g/mol. The van der Waals surface area contributed by atoms with E-state index in [4.69, 9.17) is 5.26 Å². The average Bonchev–Trinajstić information content (AvgIpc) is 2.39. The Hall–Kier alpha value is -2.12. The normalized spacial score (nSPS) is 9.78. The highest BCUT2D eigenvalue weighted by molar-refractivity contribution is 7.99. The summed E-state index contributed by atoms with van der Waals surface area (Å²) in [4.78, 5) is 17.3. The fourth-order valence-corrected chi connectivity index (χ4v) is 2.52. The lowest BCUT2D eigenvalue weighted by atomic mass is 10.1. The fraction of sp³-hybridized carbons (Fsp3) is 0.0714. The number of Topliss-reactive ketones (excluding diaryl/α,β-unsaturated/α-hetero) is 1. The van der Waals surface area contributed by atoms with Crippen LogP contribution < -0.4 is 0 Å². The molecule has 18 heavy (non-hydrogen) atoms. The molecular formula is C14H10N2OS. The number of aromatic nitrogens is 1. The van der Waals surface area contributed by atoms with Gasteiger partial charge in [-0.2, -0.15) is 5.26 Å². The number of carbonyl (C=O) groups excluding carboxylic acids is 1. The van der Waals surface area contributed by atoms with E-state index in [1.165, 1.54) is 18.7 Å². The van der Waals surface area contributed by atoms with Crippen LogP contribution in [-0.2, 0) is 0 Å². The van der Waals surface area contributed by atoms with E-state index in [0.29, 0.717) is 11.1 Å². The van der Waals surface area contributed by atoms with Crippen LogP contribution in [0.1, 0.15) is 22.8 Å². The summed E-state index contributed by atoms with van der Waals surface area (Å²) in [6.07, 6.45) is 3.40. The van der Waals surface area contributed by atoms with Gasteiger partial charge in [0.1, 0.15) is 0 Å². The molecule has 1 aromatic heterocycles. The largest absolute Gasteiger partial charge is 0.294 e. The Morgan fingerprint density at radius 3 is 2.61 bits per heavy atom. The van der Waals surface area contributed by atoms with E-state index in [9.17, 15) is 4.79 Å². The van der Waals surface area contributed by atoms with Gasteiger partial charge in [-0.1, -0.05) is 11.8 Å². The van der Waals surface area contributed by atoms with Gasteiger partial charge in [0, 0.05) is 27.7 Å². The molecule has 1 aromatic carbocycles. The maximum Gasteiger partial charge on any atom is 0.160 e. The standard InChI is InChI=1S/C14H10N2OS/c1-10(17)13-3-2-11(9-15)8-14(13)18-12-4-6-16-7-5-12/h2-8H,1H3. The molecular weight excluding hydrogens is 244 g/mol. The van der Waals surface area contributed by atoms with Gasteiger partial charge < -0.3 is 0 Å². The van der Waals surface area contributed by atoms with Crippen LogP contribution in [0.15, 0.2) is 52.5 Å². The minimum atomic E-state index is -0.00366. The van der Waals surface area contributed by atoms with E-state index >= 15 is 0 Å². The van der Waals surface area contributed by atoms with Crippen LogP contribution in [0.3, 0.4) is 0 Å². The molecule has 3 nitrogen and oxygen atoms in total. The molecule has 2 rings (SSSR count). The molecule has 0 unspecified atom stereocenters. The molecule has 0 aliphatic carbocycles. The molecule has 0 bridgehead atoms. The summed E-state index contributed by atoms with van der Waals surface area (Å²) >= 11 is 1.46. The number of hydrogen-bond acceptors (Lipinski definition) is 4. The van der Waals surface area contributed by atoms with Gasteiger partial charge in [-0.25, -0.2) is 0 Å². The predicted octanol–water partition coefficient (Wildman–Crippen LogP) is 3.31. The van der Waals surface area contributed by atoms with Crippen molar-refractivity contribution in [1.82, 2.24) is 4.98 Å². The van der Waals surface area contributed by atoms with Crippen LogP contribution in [0.25, 0.3) is 0 Å². The van der Waals surface area contributed by atoms with Gasteiger partial charge in [-0.3, -0.25) is 9.78 Å². The maximum atomic E-state index is 11.5. The zero-order valence-corrected chi connectivity index (χ0v) is 10.6. The molecule has 4 heteroatoms. The van der Waals surface area contributed by atoms with Crippen molar-refractivity contribution in [3.63, 3.8) is 0 Å². The highest BCUT2D eigenvalue weighted by Gasteiger charge is 2.09. The lowest BCUT2D eigenvalue weighted by Gasteiger charge is -2.06. The second-order valence-electron chi connectivity index (χ2n) is 3.66. The van der Waals surface area contributed by atoms with Crippen molar-refractivity contribution in [3.05, 3.63) is 53.9 Å². The number of rotatable bonds is 3. The lowest BCUT2D eigenvalue weighted by Crippen LogP contribution is -1.95. The first-order chi connectivity index (χ1) is 8.70. The number of nitrogens with zero attached hydrogens (tertiary/aromatic N) is 2. The van der Waals surface area contributed by atoms with Gasteiger partial charge in [0.05, 0.1) is 11.6 Å². The molecule has 0 fully saturated rings. The molecule has 0 aliphatic rings. The third kappa shape index (κ3) is 2.76. The third-order valence-electron chi connectivity index (χ3n) is 2.37. The Morgan fingerprint density at radius 1 is 1.28 bits per heavy atom. The summed E-state index contributed by atoms with van der Waals surface area (Å²) < 4.78 is 0. The summed E-state index contributed by atoms with van der Waals surface area (Å²) in [5.41, 5.74) is 1.19. The van der Waals surface area contributed by atoms with Gasteiger partial charge in [-0.05, 0) is 37.3 Å². The molecule has 1 heterocycles. The number of ketones is 1. The molecule has 0 N–H and O–H groups in total. The van der Waals surface area contributed by atoms with Crippen LogP contribution in [-0.4, -0.2) is 10.8 Å². The molecule has 2 aromatic rings. The van der Waals surface area contributed by atoms with Gasteiger partial charge in [0.25, 0.3) is 0 Å². The van der Waals surface area contributed by atoms with E-state index in [1.807, 2.05) is 12.1 Å². The minimum Gasteiger partial charge on any atom is -0.294 e. The minimum absolute atomic E-state index is 0.00366. The Morgan fingerprint density at radius 2 is 2.00 bits per heavy atom. The van der Waals surface area contributed by atoms with Gasteiger partial charge >= 0.3 is 0 Å². The number of carbonyl (C=O) groups is 1. The van der Waals surface area contributed by atoms with Crippen molar-refractivity contribution in [3.8, 4) is 6.07 Å². The first-order valence-electron chi connectivity index (χ1n) is 5.33. The van der Waals surface area contributed by atoms with Crippen LogP contribution in [0.5, 0.6) is 0 Å². The number of nitriles is 1. The van der Waals surface area contributed by atoms with Crippen molar-refractivity contribution in [1.29, 1.82) is 5.26 Å². The second-order valence-corrected chi connectivity index (χ2v) is 4.78. The van der Waals surface area contributed by atoms with Crippen molar-refractivity contribution in [2.24, 2.45) is 0 Å². The van der Waals surface area contributed by atoms with E-state index in [-0.39, 0.29) is 5.78 Å². The van der Waals surface area contributed by atoms with Gasteiger partial charge in [0.15, 0.2) is 5.78 Å². The van der Waals surface area contributed by atoms with E-state index < -0.39 is 0 Å². The van der Waals surface area contributed by atoms with Gasteiger partial charge in [-0.15, -0.1) is 0 Å². The summed E-state index contributed by atoms with van der Waals surface area (Å²) in [6, 6.07) is 10.9. The number of pyridine rings is 1. The van der Waals surface area contributed by atoms with E-state index in [0.717, 1.165) is 9.79 Å². The Kier molecular flexibility index (Phi) is 3.75. The Bertz CT molecular complexity index is 617. The third-order valence-corrected chi connectivity index (χ3v) is 3.43. The average molecular weight is 254 g/mol. The summed E-state index contributed by atoms with van der Waals surface area (Å²) in [7, 11) is 0. The van der Waals surface area contributed by atoms with Crippen molar-refractivity contribution < 1.29 is 4.79 Å². The summed E-state index contributed by atoms with van der Waals surface area (Å²) in [5.74, 6) is -0.00366. The first kappa shape index (κ1) is 12.3. The molecule has 0 saturated heterocycles. The van der Waals surface area contributed by atoms with Crippen LogP contribution in [0, 0.1) is 11.3 Å². The molecule has 0 aliphatic heterocycles. The van der Waals surface area contributed by atoms with Crippen molar-refractivity contribution in [2.75, 3.05) is 0 Å².